The fourth-order valence-electron chi connectivity index (χ4n) is 8.12. The molecule has 57 heavy (non-hydrogen) atoms. The molecule has 0 radical (unpaired) electrons. The fourth-order valence-corrected chi connectivity index (χ4v) is 8.12. The number of nitrogens with zero attached hydrogens (tertiary/aromatic N) is 3. The summed E-state index contributed by atoms with van der Waals surface area (Å²) in [4.78, 5) is 15.7. The summed E-state index contributed by atoms with van der Waals surface area (Å²) in [6, 6.07) is 69.9. The molecule has 0 spiro atoms. The average molecular weight is 728 g/mol. The molecule has 0 amide bonds. The van der Waals surface area contributed by atoms with Crippen LogP contribution in [0.15, 0.2) is 205 Å². The third-order valence-corrected chi connectivity index (χ3v) is 11.0. The summed E-state index contributed by atoms with van der Waals surface area (Å²) in [7, 11) is 0. The van der Waals surface area contributed by atoms with Crippen molar-refractivity contribution in [2.75, 3.05) is 0 Å². The molecule has 0 unspecified atom stereocenters. The van der Waals surface area contributed by atoms with Crippen LogP contribution in [0.3, 0.4) is 0 Å². The van der Waals surface area contributed by atoms with Crippen LogP contribution in [0.2, 0.25) is 0 Å². The number of benzene rings is 9. The summed E-state index contributed by atoms with van der Waals surface area (Å²) in [6.07, 6.45) is 0. The zero-order valence-corrected chi connectivity index (χ0v) is 30.8. The third-order valence-electron chi connectivity index (χ3n) is 11.0. The van der Waals surface area contributed by atoms with Gasteiger partial charge >= 0.3 is 0 Å². The highest BCUT2D eigenvalue weighted by atomic mass is 16.3. The molecule has 0 aliphatic carbocycles. The van der Waals surface area contributed by atoms with Crippen molar-refractivity contribution in [3.05, 3.63) is 200 Å². The van der Waals surface area contributed by atoms with E-state index in [1.807, 2.05) is 24.3 Å². The van der Waals surface area contributed by atoms with Gasteiger partial charge < -0.3 is 4.42 Å². The number of hydrogen-bond donors (Lipinski definition) is 0. The molecule has 0 fully saturated rings. The smallest absolute Gasteiger partial charge is 0.164 e. The fraction of sp³-hybridized carbons (Fsp3) is 0. The molecule has 4 heteroatoms. The molecule has 0 aliphatic rings. The Kier molecular flexibility index (Phi) is 7.78. The molecule has 4 nitrogen and oxygen atoms in total. The largest absolute Gasteiger partial charge is 0.456 e. The molecule has 0 bridgehead atoms. The van der Waals surface area contributed by atoms with Crippen LogP contribution in [0.1, 0.15) is 0 Å². The number of hydrogen-bond acceptors (Lipinski definition) is 4. The molecular weight excluding hydrogens is 695 g/mol. The van der Waals surface area contributed by atoms with E-state index in [1.54, 1.807) is 0 Å². The molecule has 0 saturated heterocycles. The Labute approximate surface area is 329 Å². The first-order chi connectivity index (χ1) is 28.2. The van der Waals surface area contributed by atoms with Crippen LogP contribution >= 0.6 is 0 Å². The monoisotopic (exact) mass is 727 g/mol. The maximum Gasteiger partial charge on any atom is 0.164 e. The third kappa shape index (κ3) is 5.83. The quantitative estimate of drug-likeness (QED) is 0.171. The van der Waals surface area contributed by atoms with Gasteiger partial charge in [-0.05, 0) is 79.2 Å². The maximum absolute atomic E-state index is 6.22. The topological polar surface area (TPSA) is 51.8 Å². The molecule has 0 N–H and O–H groups in total. The molecule has 0 atom stereocenters. The lowest BCUT2D eigenvalue weighted by atomic mass is 9.95. The van der Waals surface area contributed by atoms with Crippen molar-refractivity contribution in [2.45, 2.75) is 0 Å². The normalized spacial score (nSPS) is 11.5. The number of aromatic nitrogens is 3. The minimum absolute atomic E-state index is 0.613. The highest BCUT2D eigenvalue weighted by Gasteiger charge is 2.18. The second-order valence-corrected chi connectivity index (χ2v) is 14.4. The zero-order chi connectivity index (χ0) is 37.7. The van der Waals surface area contributed by atoms with Crippen molar-refractivity contribution in [1.29, 1.82) is 0 Å². The summed E-state index contributed by atoms with van der Waals surface area (Å²) in [5.74, 6) is 1.87. The summed E-state index contributed by atoms with van der Waals surface area (Å²) < 4.78 is 6.22. The summed E-state index contributed by atoms with van der Waals surface area (Å²) in [5.41, 5.74) is 11.4. The van der Waals surface area contributed by atoms with Crippen LogP contribution in [0.5, 0.6) is 0 Å². The van der Waals surface area contributed by atoms with Gasteiger partial charge in [0.05, 0.1) is 0 Å². The molecule has 0 aliphatic heterocycles. The van der Waals surface area contributed by atoms with Crippen LogP contribution in [0.25, 0.3) is 111 Å². The van der Waals surface area contributed by atoms with Crippen LogP contribution in [0.4, 0.5) is 0 Å². The van der Waals surface area contributed by atoms with Crippen LogP contribution < -0.4 is 0 Å². The lowest BCUT2D eigenvalue weighted by Crippen LogP contribution is -2.01. The first-order valence-electron chi connectivity index (χ1n) is 19.2. The molecule has 9 aromatic carbocycles. The molecule has 2 aromatic heterocycles. The molecule has 11 aromatic rings. The van der Waals surface area contributed by atoms with E-state index >= 15 is 0 Å². The van der Waals surface area contributed by atoms with Crippen molar-refractivity contribution < 1.29 is 4.42 Å². The van der Waals surface area contributed by atoms with Crippen molar-refractivity contribution in [3.63, 3.8) is 0 Å². The van der Waals surface area contributed by atoms with Crippen molar-refractivity contribution >= 4 is 43.5 Å². The van der Waals surface area contributed by atoms with Gasteiger partial charge in [-0.3, -0.25) is 0 Å². The Morgan fingerprint density at radius 3 is 1.54 bits per heavy atom. The first-order valence-corrected chi connectivity index (χ1v) is 19.2. The van der Waals surface area contributed by atoms with Crippen molar-refractivity contribution in [2.24, 2.45) is 0 Å². The Bertz CT molecular complexity index is 3250. The average Bonchev–Trinajstić information content (AvgIpc) is 3.67. The Hall–Kier alpha value is -7.69. The van der Waals surface area contributed by atoms with Gasteiger partial charge in [0.2, 0.25) is 0 Å². The molecule has 2 heterocycles. The SMILES string of the molecule is c1ccc(-c2ccc3cccc(-c4nc(-c5ccc(-c6ccc7c(c6)oc6ccccc67)cc5)nc(-c5cccc6c(-c7ccccc7)cccc56)n4)c3c2)cc1. The Balaban J connectivity index is 1.08. The Morgan fingerprint density at radius 2 is 0.772 bits per heavy atom. The first kappa shape index (κ1) is 32.7. The molecular formula is C53H33N3O. The van der Waals surface area contributed by atoms with Crippen LogP contribution in [-0.2, 0) is 0 Å². The molecule has 266 valence electrons. The van der Waals surface area contributed by atoms with Crippen molar-refractivity contribution in [3.8, 4) is 67.5 Å². The minimum atomic E-state index is 0.613. The summed E-state index contributed by atoms with van der Waals surface area (Å²) in [5, 5.41) is 6.68. The second-order valence-electron chi connectivity index (χ2n) is 14.4. The van der Waals surface area contributed by atoms with Gasteiger partial charge in [-0.15, -0.1) is 0 Å². The minimum Gasteiger partial charge on any atom is -0.456 e. The number of rotatable bonds is 6. The van der Waals surface area contributed by atoms with Gasteiger partial charge in [-0.2, -0.15) is 0 Å². The van der Waals surface area contributed by atoms with Gasteiger partial charge in [0.15, 0.2) is 17.5 Å². The molecule has 0 saturated carbocycles. The Morgan fingerprint density at radius 1 is 0.263 bits per heavy atom. The summed E-state index contributed by atoms with van der Waals surface area (Å²) >= 11 is 0. The van der Waals surface area contributed by atoms with E-state index in [4.69, 9.17) is 19.4 Å². The molecule has 11 rings (SSSR count). The van der Waals surface area contributed by atoms with E-state index in [1.165, 1.54) is 11.1 Å². The second kappa shape index (κ2) is 13.6. The number of para-hydroxylation sites is 1. The van der Waals surface area contributed by atoms with E-state index in [-0.39, 0.29) is 0 Å². The lowest BCUT2D eigenvalue weighted by molar-refractivity contribution is 0.669. The van der Waals surface area contributed by atoms with E-state index in [2.05, 4.69) is 176 Å². The van der Waals surface area contributed by atoms with Gasteiger partial charge in [-0.1, -0.05) is 176 Å². The van der Waals surface area contributed by atoms with E-state index in [0.717, 1.165) is 82.4 Å². The van der Waals surface area contributed by atoms with Crippen LogP contribution in [0, 0.1) is 0 Å². The van der Waals surface area contributed by atoms with Crippen molar-refractivity contribution in [1.82, 2.24) is 15.0 Å². The standard InChI is InChI=1S/C53H33N3O/c1-3-12-34(13-4-1)39-29-26-37-16-9-21-47(48(37)32-39)53-55-51(38-27-24-35(25-28-38)40-30-31-45-44-17-7-8-23-49(44)57-50(45)33-40)54-52(56-53)46-22-11-19-42-41(18-10-20-43(42)46)36-14-5-2-6-15-36/h1-33H. The van der Waals surface area contributed by atoms with Crippen LogP contribution in [-0.4, -0.2) is 15.0 Å². The highest BCUT2D eigenvalue weighted by molar-refractivity contribution is 6.06. The van der Waals surface area contributed by atoms with Gasteiger partial charge in [0.1, 0.15) is 11.2 Å². The zero-order valence-electron chi connectivity index (χ0n) is 30.8. The van der Waals surface area contributed by atoms with Gasteiger partial charge in [0, 0.05) is 27.5 Å². The number of fused-ring (bicyclic) bond motifs is 5. The van der Waals surface area contributed by atoms with E-state index < -0.39 is 0 Å². The number of furan rings is 1. The van der Waals surface area contributed by atoms with E-state index in [0.29, 0.717) is 17.5 Å². The highest BCUT2D eigenvalue weighted by Crippen LogP contribution is 2.38. The predicted molar refractivity (Wildman–Crippen MR) is 235 cm³/mol. The lowest BCUT2D eigenvalue weighted by Gasteiger charge is -2.14. The predicted octanol–water partition coefficient (Wildman–Crippen LogP) is 14.1. The summed E-state index contributed by atoms with van der Waals surface area (Å²) in [6.45, 7) is 0. The van der Waals surface area contributed by atoms with Gasteiger partial charge in [-0.25, -0.2) is 15.0 Å². The van der Waals surface area contributed by atoms with Gasteiger partial charge in [0.25, 0.3) is 0 Å². The maximum atomic E-state index is 6.22. The van der Waals surface area contributed by atoms with E-state index in [9.17, 15) is 0 Å².